The fraction of sp³-hybridized carbons (Fsp3) is 0.429. The van der Waals surface area contributed by atoms with Crippen LogP contribution in [0, 0.1) is 5.41 Å². The number of nitrogens with zero attached hydrogens (tertiary/aromatic N) is 4. The predicted molar refractivity (Wildman–Crippen MR) is 46.9 cm³/mol. The maximum absolute atomic E-state index is 4.30. The normalized spacial score (nSPS) is 35.3. The van der Waals surface area contributed by atoms with Gasteiger partial charge in [-0.25, -0.2) is 9.98 Å². The second kappa shape index (κ2) is 1.80. The van der Waals surface area contributed by atoms with Crippen LogP contribution in [0.4, 0.5) is 0 Å². The first-order chi connectivity index (χ1) is 5.89. The number of rotatable bonds is 0. The highest BCUT2D eigenvalue weighted by Crippen LogP contribution is 2.32. The van der Waals surface area contributed by atoms with Crippen molar-refractivity contribution < 1.29 is 0 Å². The minimum absolute atomic E-state index is 0.116. The first kappa shape index (κ1) is 6.05. The van der Waals surface area contributed by atoms with E-state index in [0.717, 1.165) is 24.6 Å². The molecule has 60 valence electrons. The van der Waals surface area contributed by atoms with E-state index in [2.05, 4.69) is 25.5 Å². The van der Waals surface area contributed by atoms with Crippen molar-refractivity contribution in [2.24, 2.45) is 25.5 Å². The van der Waals surface area contributed by atoms with E-state index in [0.29, 0.717) is 0 Å². The summed E-state index contributed by atoms with van der Waals surface area (Å²) in [6.07, 6.45) is 4.29. The van der Waals surface area contributed by atoms with Crippen LogP contribution < -0.4 is 5.43 Å². The van der Waals surface area contributed by atoms with Crippen LogP contribution in [0.3, 0.4) is 0 Å². The summed E-state index contributed by atoms with van der Waals surface area (Å²) in [5, 5.41) is 4.11. The second-order valence-corrected chi connectivity index (χ2v) is 3.17. The summed E-state index contributed by atoms with van der Waals surface area (Å²) >= 11 is 0. The summed E-state index contributed by atoms with van der Waals surface area (Å²) in [6, 6.07) is 0. The first-order valence-corrected chi connectivity index (χ1v) is 3.83. The smallest absolute Gasteiger partial charge is 0.164 e. The van der Waals surface area contributed by atoms with E-state index in [1.165, 1.54) is 6.34 Å². The third-order valence-corrected chi connectivity index (χ3v) is 2.34. The largest absolute Gasteiger partial charge is 0.269 e. The molecule has 0 aromatic carbocycles. The highest BCUT2D eigenvalue weighted by molar-refractivity contribution is 6.15. The number of amidine groups is 2. The van der Waals surface area contributed by atoms with Gasteiger partial charge in [0.25, 0.3) is 0 Å². The van der Waals surface area contributed by atoms with Gasteiger partial charge in [0.05, 0.1) is 12.0 Å². The number of nitrogens with one attached hydrogen (secondary N) is 1. The fourth-order valence-corrected chi connectivity index (χ4v) is 1.67. The quantitative estimate of drug-likeness (QED) is 0.525. The molecule has 2 bridgehead atoms. The van der Waals surface area contributed by atoms with Gasteiger partial charge in [-0.05, 0) is 0 Å². The Hall–Kier alpha value is -1.52. The van der Waals surface area contributed by atoms with Gasteiger partial charge in [0, 0.05) is 12.6 Å². The Bertz CT molecular complexity index is 351. The van der Waals surface area contributed by atoms with E-state index in [-0.39, 0.29) is 5.41 Å². The molecule has 0 fully saturated rings. The SMILES string of the molecule is C1=NC=NC2=NNC3=NCC12C3. The van der Waals surface area contributed by atoms with Crippen molar-refractivity contribution in [1.29, 1.82) is 0 Å². The molecule has 3 rings (SSSR count). The van der Waals surface area contributed by atoms with Gasteiger partial charge < -0.3 is 0 Å². The van der Waals surface area contributed by atoms with Crippen LogP contribution in [0.25, 0.3) is 0 Å². The lowest BCUT2D eigenvalue weighted by Crippen LogP contribution is -2.41. The summed E-state index contributed by atoms with van der Waals surface area (Å²) in [6.45, 7) is 0.731. The number of fused-ring (bicyclic) bond motifs is 1. The molecule has 1 unspecified atom stereocenters. The average molecular weight is 161 g/mol. The Balaban J connectivity index is 2.16. The van der Waals surface area contributed by atoms with Gasteiger partial charge in [-0.15, -0.1) is 0 Å². The van der Waals surface area contributed by atoms with Crippen LogP contribution in [0.2, 0.25) is 0 Å². The van der Waals surface area contributed by atoms with Gasteiger partial charge >= 0.3 is 0 Å². The molecule has 1 N–H and O–H groups in total. The van der Waals surface area contributed by atoms with Crippen LogP contribution in [-0.4, -0.2) is 30.8 Å². The third-order valence-electron chi connectivity index (χ3n) is 2.34. The average Bonchev–Trinajstić information content (AvgIpc) is 2.43. The van der Waals surface area contributed by atoms with Gasteiger partial charge in [0.2, 0.25) is 0 Å². The molecule has 0 saturated carbocycles. The molecule has 0 saturated heterocycles. The van der Waals surface area contributed by atoms with Gasteiger partial charge in [-0.3, -0.25) is 10.4 Å². The molecule has 12 heavy (non-hydrogen) atoms. The van der Waals surface area contributed by atoms with Crippen LogP contribution in [0.15, 0.2) is 20.1 Å². The Morgan fingerprint density at radius 1 is 1.50 bits per heavy atom. The highest BCUT2D eigenvalue weighted by Gasteiger charge is 2.43. The van der Waals surface area contributed by atoms with E-state index < -0.39 is 0 Å². The van der Waals surface area contributed by atoms with Crippen LogP contribution in [0.1, 0.15) is 6.42 Å². The van der Waals surface area contributed by atoms with Crippen LogP contribution in [0.5, 0.6) is 0 Å². The fourth-order valence-electron chi connectivity index (χ4n) is 1.67. The first-order valence-electron chi connectivity index (χ1n) is 3.83. The molecule has 0 amide bonds. The zero-order chi connectivity index (χ0) is 8.02. The molecular weight excluding hydrogens is 154 g/mol. The van der Waals surface area contributed by atoms with E-state index in [4.69, 9.17) is 0 Å². The highest BCUT2D eigenvalue weighted by atomic mass is 15.4. The summed E-state index contributed by atoms with van der Waals surface area (Å²) in [7, 11) is 0. The standard InChI is InChI=1S/C7H7N5/c1-5-9-3-7(1)2-8-4-10-6(7)12-11-5/h2,4H,1,3H2,(H,9,11). The zero-order valence-corrected chi connectivity index (χ0v) is 6.36. The lowest BCUT2D eigenvalue weighted by molar-refractivity contribution is 0.636. The molecule has 0 aliphatic carbocycles. The van der Waals surface area contributed by atoms with E-state index in [1.807, 2.05) is 6.21 Å². The van der Waals surface area contributed by atoms with Crippen LogP contribution in [-0.2, 0) is 0 Å². The lowest BCUT2D eigenvalue weighted by Gasteiger charge is -2.26. The zero-order valence-electron chi connectivity index (χ0n) is 6.36. The topological polar surface area (TPSA) is 61.5 Å². The maximum Gasteiger partial charge on any atom is 0.164 e. The van der Waals surface area contributed by atoms with Gasteiger partial charge in [0.15, 0.2) is 5.84 Å². The van der Waals surface area contributed by atoms with E-state index in [1.54, 1.807) is 0 Å². The molecule has 1 spiro atoms. The van der Waals surface area contributed by atoms with Crippen molar-refractivity contribution >= 4 is 24.2 Å². The second-order valence-electron chi connectivity index (χ2n) is 3.17. The van der Waals surface area contributed by atoms with Crippen molar-refractivity contribution in [1.82, 2.24) is 5.43 Å². The molecule has 3 aliphatic rings. The Morgan fingerprint density at radius 3 is 3.50 bits per heavy atom. The summed E-state index contributed by atoms with van der Waals surface area (Å²) < 4.78 is 0. The van der Waals surface area contributed by atoms with Gasteiger partial charge in [0.1, 0.15) is 12.2 Å². The number of hydrazone groups is 1. The Kier molecular flexibility index (Phi) is 0.905. The Morgan fingerprint density at radius 2 is 2.50 bits per heavy atom. The minimum atomic E-state index is -0.116. The molecule has 3 heterocycles. The summed E-state index contributed by atoms with van der Waals surface area (Å²) in [5.74, 6) is 1.75. The Labute approximate surface area is 69.0 Å². The molecule has 5 nitrogen and oxygen atoms in total. The van der Waals surface area contributed by atoms with E-state index in [9.17, 15) is 0 Å². The number of hydrogen-bond donors (Lipinski definition) is 1. The monoisotopic (exact) mass is 161 g/mol. The lowest BCUT2D eigenvalue weighted by atomic mass is 9.85. The molecule has 1 atom stereocenters. The van der Waals surface area contributed by atoms with Crippen molar-refractivity contribution in [2.45, 2.75) is 6.42 Å². The molecule has 0 aromatic heterocycles. The van der Waals surface area contributed by atoms with Gasteiger partial charge in [-0.1, -0.05) is 0 Å². The van der Waals surface area contributed by atoms with Crippen LogP contribution >= 0.6 is 0 Å². The van der Waals surface area contributed by atoms with Crippen molar-refractivity contribution in [3.63, 3.8) is 0 Å². The molecule has 0 radical (unpaired) electrons. The summed E-state index contributed by atoms with van der Waals surface area (Å²) in [4.78, 5) is 12.4. The number of hydrogen-bond acceptors (Lipinski definition) is 5. The van der Waals surface area contributed by atoms with Crippen molar-refractivity contribution in [3.05, 3.63) is 0 Å². The third kappa shape index (κ3) is 0.585. The van der Waals surface area contributed by atoms with Crippen molar-refractivity contribution in [3.8, 4) is 0 Å². The number of aliphatic imine (C=N–C) groups is 3. The van der Waals surface area contributed by atoms with Gasteiger partial charge in [-0.2, -0.15) is 5.10 Å². The molecule has 3 aliphatic heterocycles. The molecule has 5 heteroatoms. The van der Waals surface area contributed by atoms with E-state index >= 15 is 0 Å². The molecule has 0 aromatic rings. The minimum Gasteiger partial charge on any atom is -0.269 e. The maximum atomic E-state index is 4.30. The van der Waals surface area contributed by atoms with Crippen molar-refractivity contribution in [2.75, 3.05) is 6.54 Å². The predicted octanol–water partition coefficient (Wildman–Crippen LogP) is -0.196. The summed E-state index contributed by atoms with van der Waals surface area (Å²) in [5.41, 5.74) is 2.75. The molecular formula is C7H7N5.